The minimum atomic E-state index is -4.37. The average Bonchev–Trinajstić information content (AvgIpc) is 2.91. The number of hydrogen-bond acceptors (Lipinski definition) is 4. The van der Waals surface area contributed by atoms with Gasteiger partial charge in [0.2, 0.25) is 0 Å². The molecule has 1 aliphatic carbocycles. The zero-order chi connectivity index (χ0) is 16.4. The van der Waals surface area contributed by atoms with Gasteiger partial charge in [-0.2, -0.15) is 18.3 Å². The second-order valence-corrected chi connectivity index (χ2v) is 5.19. The van der Waals surface area contributed by atoms with Gasteiger partial charge in [0, 0.05) is 6.20 Å². The van der Waals surface area contributed by atoms with E-state index in [2.05, 4.69) is 10.4 Å². The summed E-state index contributed by atoms with van der Waals surface area (Å²) in [4.78, 5) is 12.1. The number of fused-ring (bicyclic) bond motifs is 1. The third-order valence-electron chi connectivity index (χ3n) is 3.33. The molecule has 1 fully saturated rings. The van der Waals surface area contributed by atoms with Crippen molar-refractivity contribution in [1.29, 1.82) is 0 Å². The molecule has 124 valence electrons. The molecular formula is C14H14F3N3O3. The number of nitrogens with zero attached hydrogens (tertiary/aromatic N) is 2. The summed E-state index contributed by atoms with van der Waals surface area (Å²) in [5.74, 6) is -0.488. The molecular weight excluding hydrogens is 315 g/mol. The van der Waals surface area contributed by atoms with Crippen LogP contribution in [-0.4, -0.2) is 46.8 Å². The Bertz CT molecular complexity index is 639. The van der Waals surface area contributed by atoms with Gasteiger partial charge in [-0.3, -0.25) is 9.48 Å². The van der Waals surface area contributed by atoms with E-state index in [1.165, 1.54) is 0 Å². The topological polar surface area (TPSA) is 65.4 Å². The minimum absolute atomic E-state index is 0.0713. The molecule has 9 heteroatoms. The van der Waals surface area contributed by atoms with Crippen molar-refractivity contribution in [3.8, 4) is 0 Å². The molecule has 2 aliphatic rings. The van der Waals surface area contributed by atoms with Crippen LogP contribution >= 0.6 is 0 Å². The van der Waals surface area contributed by atoms with Crippen molar-refractivity contribution in [2.75, 3.05) is 11.9 Å². The van der Waals surface area contributed by atoms with Crippen LogP contribution in [-0.2, 0) is 20.8 Å². The molecule has 0 spiro atoms. The van der Waals surface area contributed by atoms with Crippen molar-refractivity contribution in [1.82, 2.24) is 9.78 Å². The Morgan fingerprint density at radius 1 is 1.35 bits per heavy atom. The van der Waals surface area contributed by atoms with Crippen molar-refractivity contribution in [2.45, 2.75) is 31.0 Å². The lowest BCUT2D eigenvalue weighted by Crippen LogP contribution is -2.47. The van der Waals surface area contributed by atoms with Gasteiger partial charge >= 0.3 is 6.18 Å². The van der Waals surface area contributed by atoms with Crippen LogP contribution in [0.5, 0.6) is 0 Å². The second-order valence-electron chi connectivity index (χ2n) is 5.19. The van der Waals surface area contributed by atoms with E-state index in [-0.39, 0.29) is 24.5 Å². The van der Waals surface area contributed by atoms with Crippen LogP contribution in [0.3, 0.4) is 0 Å². The first kappa shape index (κ1) is 15.8. The van der Waals surface area contributed by atoms with Crippen LogP contribution < -0.4 is 5.32 Å². The number of nitrogens with one attached hydrogen (secondary N) is 1. The minimum Gasteiger partial charge on any atom is -0.368 e. The molecule has 3 atom stereocenters. The third kappa shape index (κ3) is 3.99. The molecule has 0 saturated carbocycles. The molecule has 3 unspecified atom stereocenters. The summed E-state index contributed by atoms with van der Waals surface area (Å²) >= 11 is 0. The second kappa shape index (κ2) is 6.17. The summed E-state index contributed by atoms with van der Waals surface area (Å²) in [5.41, 5.74) is 0.170. The maximum Gasteiger partial charge on any atom is 0.408 e. The van der Waals surface area contributed by atoms with Crippen molar-refractivity contribution in [3.05, 3.63) is 36.7 Å². The number of amides is 1. The molecule has 0 aromatic carbocycles. The lowest BCUT2D eigenvalue weighted by atomic mass is 10.1. The van der Waals surface area contributed by atoms with Gasteiger partial charge < -0.3 is 14.8 Å². The number of hydrogen-bond donors (Lipinski definition) is 1. The maximum atomic E-state index is 12.3. The summed E-state index contributed by atoms with van der Waals surface area (Å²) in [6.45, 7) is -1.14. The number of aromatic nitrogens is 2. The smallest absolute Gasteiger partial charge is 0.368 e. The van der Waals surface area contributed by atoms with Gasteiger partial charge in [-0.15, -0.1) is 0 Å². The van der Waals surface area contributed by atoms with Crippen LogP contribution in [0.1, 0.15) is 0 Å². The largest absolute Gasteiger partial charge is 0.408 e. The summed E-state index contributed by atoms with van der Waals surface area (Å²) in [7, 11) is 0. The predicted molar refractivity (Wildman–Crippen MR) is 73.6 cm³/mol. The number of rotatable bonds is 3. The molecule has 1 aliphatic heterocycles. The number of allylic oxidation sites excluding steroid dienone is 2. The lowest BCUT2D eigenvalue weighted by molar-refractivity contribution is -0.164. The Morgan fingerprint density at radius 2 is 2.09 bits per heavy atom. The van der Waals surface area contributed by atoms with Crippen LogP contribution in [0.15, 0.2) is 36.7 Å². The zero-order valence-corrected chi connectivity index (χ0v) is 11.9. The van der Waals surface area contributed by atoms with Gasteiger partial charge in [-0.1, -0.05) is 24.3 Å². The molecule has 0 radical (unpaired) electrons. The fraction of sp³-hybridized carbons (Fsp3) is 0.429. The highest BCUT2D eigenvalue weighted by molar-refractivity contribution is 5.94. The fourth-order valence-electron chi connectivity index (χ4n) is 2.33. The molecule has 1 saturated heterocycles. The first-order valence-corrected chi connectivity index (χ1v) is 6.93. The van der Waals surface area contributed by atoms with E-state index in [0.717, 1.165) is 12.4 Å². The quantitative estimate of drug-likeness (QED) is 0.916. The monoisotopic (exact) mass is 329 g/mol. The number of halogens is 3. The van der Waals surface area contributed by atoms with E-state index >= 15 is 0 Å². The average molecular weight is 329 g/mol. The first-order chi connectivity index (χ1) is 10.9. The van der Waals surface area contributed by atoms with Gasteiger partial charge in [0.1, 0.15) is 18.8 Å². The number of ether oxygens (including phenoxy) is 2. The Morgan fingerprint density at radius 3 is 2.83 bits per heavy atom. The van der Waals surface area contributed by atoms with Crippen molar-refractivity contribution < 1.29 is 27.4 Å². The molecule has 2 heterocycles. The van der Waals surface area contributed by atoms with Crippen LogP contribution in [0, 0.1) is 0 Å². The number of alkyl halides is 3. The van der Waals surface area contributed by atoms with Crippen LogP contribution in [0.2, 0.25) is 0 Å². The Kier molecular flexibility index (Phi) is 4.22. The predicted octanol–water partition coefficient (Wildman–Crippen LogP) is 1.66. The number of anilines is 1. The SMILES string of the molecule is O=C(Nc1cnn(CC(F)(F)F)c1)C1COC2C=CC=CC2O1. The molecule has 23 heavy (non-hydrogen) atoms. The number of carbonyl (C=O) groups excluding carboxylic acids is 1. The summed E-state index contributed by atoms with van der Waals surface area (Å²) in [6, 6.07) is 0. The first-order valence-electron chi connectivity index (χ1n) is 6.93. The Balaban J connectivity index is 1.57. The molecule has 1 aromatic rings. The van der Waals surface area contributed by atoms with Gasteiger partial charge in [-0.25, -0.2) is 0 Å². The standard InChI is InChI=1S/C14H14F3N3O3/c15-14(16,17)8-20-6-9(5-18-20)19-13(21)12-7-22-10-3-1-2-4-11(10)23-12/h1-6,10-12H,7-8H2,(H,19,21). The summed E-state index contributed by atoms with van der Waals surface area (Å²) < 4.78 is 48.7. The van der Waals surface area contributed by atoms with Crippen LogP contribution in [0.25, 0.3) is 0 Å². The molecule has 1 amide bonds. The van der Waals surface area contributed by atoms with Crippen molar-refractivity contribution in [3.63, 3.8) is 0 Å². The summed E-state index contributed by atoms with van der Waals surface area (Å²) in [5, 5.41) is 6.03. The van der Waals surface area contributed by atoms with Gasteiger partial charge in [-0.05, 0) is 0 Å². The van der Waals surface area contributed by atoms with E-state index in [9.17, 15) is 18.0 Å². The third-order valence-corrected chi connectivity index (χ3v) is 3.33. The molecule has 1 N–H and O–H groups in total. The fourth-order valence-corrected chi connectivity index (χ4v) is 2.33. The molecule has 0 bridgehead atoms. The van der Waals surface area contributed by atoms with E-state index in [4.69, 9.17) is 9.47 Å². The summed E-state index contributed by atoms with van der Waals surface area (Å²) in [6.07, 6.45) is 3.73. The van der Waals surface area contributed by atoms with E-state index in [1.807, 2.05) is 12.2 Å². The molecule has 3 rings (SSSR count). The molecule has 6 nitrogen and oxygen atoms in total. The van der Waals surface area contributed by atoms with Gasteiger partial charge in [0.05, 0.1) is 18.5 Å². The number of carbonyl (C=O) groups is 1. The Hall–Kier alpha value is -2.13. The molecule has 1 aromatic heterocycles. The highest BCUT2D eigenvalue weighted by Crippen LogP contribution is 2.22. The highest BCUT2D eigenvalue weighted by Gasteiger charge is 2.34. The lowest BCUT2D eigenvalue weighted by Gasteiger charge is -2.34. The van der Waals surface area contributed by atoms with E-state index in [0.29, 0.717) is 4.68 Å². The normalized spacial score (nSPS) is 26.8. The Labute approximate surface area is 129 Å². The van der Waals surface area contributed by atoms with E-state index in [1.54, 1.807) is 12.2 Å². The van der Waals surface area contributed by atoms with Gasteiger partial charge in [0.25, 0.3) is 5.91 Å². The van der Waals surface area contributed by atoms with Crippen molar-refractivity contribution >= 4 is 11.6 Å². The van der Waals surface area contributed by atoms with Crippen LogP contribution in [0.4, 0.5) is 18.9 Å². The highest BCUT2D eigenvalue weighted by atomic mass is 19.4. The van der Waals surface area contributed by atoms with E-state index < -0.39 is 24.7 Å². The zero-order valence-electron chi connectivity index (χ0n) is 11.9. The van der Waals surface area contributed by atoms with Gasteiger partial charge in [0.15, 0.2) is 6.10 Å². The van der Waals surface area contributed by atoms with Crippen molar-refractivity contribution in [2.24, 2.45) is 0 Å². The maximum absolute atomic E-state index is 12.3.